The summed E-state index contributed by atoms with van der Waals surface area (Å²) in [6.07, 6.45) is 6.03. The van der Waals surface area contributed by atoms with Gasteiger partial charge in [0.2, 0.25) is 5.91 Å². The summed E-state index contributed by atoms with van der Waals surface area (Å²) in [7, 11) is 0. The fraction of sp³-hybridized carbons (Fsp3) is 0.882. The van der Waals surface area contributed by atoms with E-state index in [2.05, 4.69) is 22.5 Å². The number of unbranched alkanes of at least 4 members (excludes halogenated alkanes) is 1. The van der Waals surface area contributed by atoms with E-state index in [0.29, 0.717) is 13.0 Å². The molecule has 1 amide bonds. The Hall–Kier alpha value is -1.30. The smallest absolute Gasteiger partial charge is 0.224 e. The molecule has 1 saturated heterocycles. The van der Waals surface area contributed by atoms with Crippen LogP contribution in [0.3, 0.4) is 0 Å². The van der Waals surface area contributed by atoms with Gasteiger partial charge in [0.25, 0.3) is 0 Å². The van der Waals surface area contributed by atoms with Crippen LogP contribution in [0.15, 0.2) is 4.99 Å². The van der Waals surface area contributed by atoms with Crippen LogP contribution in [0.4, 0.5) is 0 Å². The lowest BCUT2D eigenvalue weighted by Crippen LogP contribution is -2.39. The molecule has 134 valence electrons. The Kier molecular flexibility index (Phi) is 11.3. The van der Waals surface area contributed by atoms with Crippen molar-refractivity contribution in [3.05, 3.63) is 0 Å². The van der Waals surface area contributed by atoms with Gasteiger partial charge < -0.3 is 20.3 Å². The van der Waals surface area contributed by atoms with Gasteiger partial charge in [0.1, 0.15) is 0 Å². The second kappa shape index (κ2) is 13.2. The molecular weight excluding hydrogens is 292 g/mol. The number of aliphatic imine (C=N–C) groups is 1. The minimum absolute atomic E-state index is 0.246. The molecule has 2 N–H and O–H groups in total. The maximum Gasteiger partial charge on any atom is 0.224 e. The Morgan fingerprint density at radius 1 is 1.13 bits per heavy atom. The van der Waals surface area contributed by atoms with E-state index < -0.39 is 0 Å². The number of rotatable bonds is 11. The molecule has 0 aromatic heterocycles. The van der Waals surface area contributed by atoms with Gasteiger partial charge in [-0.1, -0.05) is 13.3 Å². The van der Waals surface area contributed by atoms with Crippen molar-refractivity contribution in [1.29, 1.82) is 0 Å². The number of guanidine groups is 1. The number of amides is 1. The predicted octanol–water partition coefficient (Wildman–Crippen LogP) is 1.76. The summed E-state index contributed by atoms with van der Waals surface area (Å²) < 4.78 is 5.53. The van der Waals surface area contributed by atoms with Crippen LogP contribution in [0.2, 0.25) is 0 Å². The number of likely N-dealkylation sites (tertiary alicyclic amines) is 1. The SMILES string of the molecule is CCCCOCCCN=C(NCC)NCCC(=O)N1CCCC1. The van der Waals surface area contributed by atoms with Crippen LogP contribution < -0.4 is 10.6 Å². The Bertz CT molecular complexity index is 341. The van der Waals surface area contributed by atoms with Gasteiger partial charge in [-0.15, -0.1) is 0 Å². The van der Waals surface area contributed by atoms with Crippen molar-refractivity contribution in [2.24, 2.45) is 4.99 Å². The highest BCUT2D eigenvalue weighted by Gasteiger charge is 2.17. The molecule has 1 rings (SSSR count). The quantitative estimate of drug-likeness (QED) is 0.345. The lowest BCUT2D eigenvalue weighted by atomic mass is 10.3. The summed E-state index contributed by atoms with van der Waals surface area (Å²) in [5.74, 6) is 1.03. The monoisotopic (exact) mass is 326 g/mol. The van der Waals surface area contributed by atoms with Gasteiger partial charge >= 0.3 is 0 Å². The lowest BCUT2D eigenvalue weighted by molar-refractivity contribution is -0.129. The molecule has 1 heterocycles. The van der Waals surface area contributed by atoms with Crippen LogP contribution in [0.25, 0.3) is 0 Å². The topological polar surface area (TPSA) is 66.0 Å². The molecule has 1 aliphatic heterocycles. The molecule has 1 fully saturated rings. The maximum absolute atomic E-state index is 12.0. The zero-order chi connectivity index (χ0) is 16.8. The third kappa shape index (κ3) is 9.43. The highest BCUT2D eigenvalue weighted by Crippen LogP contribution is 2.08. The largest absolute Gasteiger partial charge is 0.381 e. The van der Waals surface area contributed by atoms with Crippen LogP contribution in [0.5, 0.6) is 0 Å². The van der Waals surface area contributed by atoms with Crippen LogP contribution in [0, 0.1) is 0 Å². The second-order valence-corrected chi connectivity index (χ2v) is 5.84. The molecule has 0 unspecified atom stereocenters. The van der Waals surface area contributed by atoms with E-state index in [4.69, 9.17) is 4.74 Å². The molecule has 6 heteroatoms. The van der Waals surface area contributed by atoms with Crippen LogP contribution >= 0.6 is 0 Å². The molecular formula is C17H34N4O2. The molecule has 0 aliphatic carbocycles. The minimum Gasteiger partial charge on any atom is -0.381 e. The van der Waals surface area contributed by atoms with Crippen LogP contribution in [0.1, 0.15) is 52.4 Å². The first kappa shape index (κ1) is 19.7. The van der Waals surface area contributed by atoms with E-state index in [1.54, 1.807) is 0 Å². The molecule has 0 atom stereocenters. The van der Waals surface area contributed by atoms with Crippen molar-refractivity contribution in [2.75, 3.05) is 45.9 Å². The molecule has 1 aliphatic rings. The molecule has 6 nitrogen and oxygen atoms in total. The van der Waals surface area contributed by atoms with E-state index in [-0.39, 0.29) is 5.91 Å². The van der Waals surface area contributed by atoms with Crippen molar-refractivity contribution in [3.8, 4) is 0 Å². The molecule has 23 heavy (non-hydrogen) atoms. The fourth-order valence-electron chi connectivity index (χ4n) is 2.46. The van der Waals surface area contributed by atoms with Crippen molar-refractivity contribution in [3.63, 3.8) is 0 Å². The van der Waals surface area contributed by atoms with Crippen LogP contribution in [-0.2, 0) is 9.53 Å². The third-order valence-electron chi connectivity index (χ3n) is 3.79. The summed E-state index contributed by atoms with van der Waals surface area (Å²) in [5, 5.41) is 6.45. The first-order valence-corrected chi connectivity index (χ1v) is 9.15. The van der Waals surface area contributed by atoms with E-state index in [9.17, 15) is 4.79 Å². The Morgan fingerprint density at radius 3 is 2.57 bits per heavy atom. The fourth-order valence-corrected chi connectivity index (χ4v) is 2.46. The van der Waals surface area contributed by atoms with E-state index in [0.717, 1.165) is 71.0 Å². The first-order valence-electron chi connectivity index (χ1n) is 9.15. The summed E-state index contributed by atoms with van der Waals surface area (Å²) in [6.45, 7) is 9.84. The summed E-state index contributed by atoms with van der Waals surface area (Å²) in [4.78, 5) is 18.5. The zero-order valence-corrected chi connectivity index (χ0v) is 14.9. The van der Waals surface area contributed by atoms with Gasteiger partial charge in [-0.25, -0.2) is 0 Å². The minimum atomic E-state index is 0.246. The van der Waals surface area contributed by atoms with Gasteiger partial charge in [-0.3, -0.25) is 9.79 Å². The van der Waals surface area contributed by atoms with Gasteiger partial charge in [0.05, 0.1) is 0 Å². The standard InChI is InChI=1S/C17H34N4O2/c1-3-5-14-23-15-8-10-19-17(18-4-2)20-11-9-16(22)21-12-6-7-13-21/h3-15H2,1-2H3,(H2,18,19,20). The van der Waals surface area contributed by atoms with E-state index in [1.807, 2.05) is 11.8 Å². The van der Waals surface area contributed by atoms with Gasteiger partial charge in [0, 0.05) is 52.4 Å². The Balaban J connectivity index is 2.14. The number of ether oxygens (including phenoxy) is 1. The molecule has 0 bridgehead atoms. The molecule has 0 radical (unpaired) electrons. The van der Waals surface area contributed by atoms with Gasteiger partial charge in [0.15, 0.2) is 5.96 Å². The molecule has 0 saturated carbocycles. The van der Waals surface area contributed by atoms with Crippen molar-refractivity contribution >= 4 is 11.9 Å². The van der Waals surface area contributed by atoms with Crippen molar-refractivity contribution in [2.45, 2.75) is 52.4 Å². The van der Waals surface area contributed by atoms with Gasteiger partial charge in [-0.2, -0.15) is 0 Å². The number of carbonyl (C=O) groups excluding carboxylic acids is 1. The Morgan fingerprint density at radius 2 is 1.87 bits per heavy atom. The van der Waals surface area contributed by atoms with Crippen molar-refractivity contribution < 1.29 is 9.53 Å². The Labute approximate surface area is 141 Å². The van der Waals surface area contributed by atoms with Gasteiger partial charge in [-0.05, 0) is 32.6 Å². The molecule has 0 aromatic rings. The zero-order valence-electron chi connectivity index (χ0n) is 14.9. The number of hydrogen-bond acceptors (Lipinski definition) is 3. The number of hydrogen-bond donors (Lipinski definition) is 2. The summed E-state index contributed by atoms with van der Waals surface area (Å²) in [6, 6.07) is 0. The average Bonchev–Trinajstić information content (AvgIpc) is 3.08. The molecule has 0 aromatic carbocycles. The number of nitrogens with zero attached hydrogens (tertiary/aromatic N) is 2. The highest BCUT2D eigenvalue weighted by atomic mass is 16.5. The highest BCUT2D eigenvalue weighted by molar-refractivity contribution is 5.81. The first-order chi connectivity index (χ1) is 11.3. The van der Waals surface area contributed by atoms with Crippen LogP contribution in [-0.4, -0.2) is 62.7 Å². The number of nitrogens with one attached hydrogen (secondary N) is 2. The lowest BCUT2D eigenvalue weighted by Gasteiger charge is -2.16. The van der Waals surface area contributed by atoms with Crippen molar-refractivity contribution in [1.82, 2.24) is 15.5 Å². The van der Waals surface area contributed by atoms with E-state index >= 15 is 0 Å². The predicted molar refractivity (Wildman–Crippen MR) is 94.8 cm³/mol. The normalized spacial score (nSPS) is 15.0. The number of carbonyl (C=O) groups is 1. The molecule has 0 spiro atoms. The summed E-state index contributed by atoms with van der Waals surface area (Å²) >= 11 is 0. The maximum atomic E-state index is 12.0. The average molecular weight is 326 g/mol. The summed E-state index contributed by atoms with van der Waals surface area (Å²) in [5.41, 5.74) is 0. The van der Waals surface area contributed by atoms with E-state index in [1.165, 1.54) is 6.42 Å². The third-order valence-corrected chi connectivity index (χ3v) is 3.79. The second-order valence-electron chi connectivity index (χ2n) is 5.84.